The van der Waals surface area contributed by atoms with Crippen LogP contribution in [-0.2, 0) is 16.0 Å². The Morgan fingerprint density at radius 2 is 1.71 bits per heavy atom. The van der Waals surface area contributed by atoms with Gasteiger partial charge in [-0.05, 0) is 18.4 Å². The summed E-state index contributed by atoms with van der Waals surface area (Å²) in [6.07, 6.45) is -0.821. The van der Waals surface area contributed by atoms with Gasteiger partial charge in [0, 0.05) is 13.3 Å². The van der Waals surface area contributed by atoms with Crippen LogP contribution in [0, 0.1) is 0 Å². The molecule has 0 atom stereocenters. The van der Waals surface area contributed by atoms with E-state index in [4.69, 9.17) is 4.74 Å². The van der Waals surface area contributed by atoms with E-state index in [2.05, 4.69) is 0 Å². The van der Waals surface area contributed by atoms with Gasteiger partial charge in [-0.1, -0.05) is 30.3 Å². The summed E-state index contributed by atoms with van der Waals surface area (Å²) in [6, 6.07) is 8.93. The van der Waals surface area contributed by atoms with E-state index in [-0.39, 0.29) is 32.8 Å². The maximum absolute atomic E-state index is 12.9. The zero-order chi connectivity index (χ0) is 15.9. The van der Waals surface area contributed by atoms with Gasteiger partial charge >= 0.3 is 17.8 Å². The number of esters is 1. The van der Waals surface area contributed by atoms with E-state index in [9.17, 15) is 22.4 Å². The topological polar surface area (TPSA) is 26.3 Å². The highest BCUT2D eigenvalue weighted by Crippen LogP contribution is 2.37. The van der Waals surface area contributed by atoms with Crippen LogP contribution in [0.1, 0.15) is 31.7 Å². The van der Waals surface area contributed by atoms with Gasteiger partial charge in [-0.15, -0.1) is 0 Å². The molecule has 0 fully saturated rings. The van der Waals surface area contributed by atoms with Gasteiger partial charge < -0.3 is 4.74 Å². The van der Waals surface area contributed by atoms with Gasteiger partial charge in [0.15, 0.2) is 0 Å². The summed E-state index contributed by atoms with van der Waals surface area (Å²) in [5, 5.41) is 0. The number of alkyl halides is 4. The van der Waals surface area contributed by atoms with Crippen molar-refractivity contribution in [3.05, 3.63) is 35.9 Å². The fourth-order valence-corrected chi connectivity index (χ4v) is 1.67. The first kappa shape index (κ1) is 17.5. The summed E-state index contributed by atoms with van der Waals surface area (Å²) in [5.74, 6) is -8.52. The molecule has 118 valence electrons. The third kappa shape index (κ3) is 6.14. The van der Waals surface area contributed by atoms with Crippen molar-refractivity contribution in [2.45, 2.75) is 44.5 Å². The van der Waals surface area contributed by atoms with Crippen LogP contribution in [0.3, 0.4) is 0 Å². The fraction of sp³-hybridized carbons (Fsp3) is 0.533. The summed E-state index contributed by atoms with van der Waals surface area (Å²) in [4.78, 5) is 11.4. The van der Waals surface area contributed by atoms with Crippen molar-refractivity contribution in [2.24, 2.45) is 0 Å². The summed E-state index contributed by atoms with van der Waals surface area (Å²) in [5.41, 5.74) is 0.791. The standard InChI is InChI=1S/C15H18F4O2/c1-14(16,17)15(18,19)9-5-6-10-21-13(20)11-12-7-3-2-4-8-12/h2-4,7-8H,5-6,9-11H2,1H3. The van der Waals surface area contributed by atoms with Gasteiger partial charge in [0.2, 0.25) is 0 Å². The summed E-state index contributed by atoms with van der Waals surface area (Å²) < 4.78 is 55.9. The molecule has 2 nitrogen and oxygen atoms in total. The van der Waals surface area contributed by atoms with Crippen molar-refractivity contribution in [3.63, 3.8) is 0 Å². The highest BCUT2D eigenvalue weighted by molar-refractivity contribution is 5.72. The first-order chi connectivity index (χ1) is 9.72. The largest absolute Gasteiger partial charge is 0.465 e. The van der Waals surface area contributed by atoms with E-state index in [0.29, 0.717) is 0 Å². The van der Waals surface area contributed by atoms with Crippen LogP contribution >= 0.6 is 0 Å². The highest BCUT2D eigenvalue weighted by atomic mass is 19.3. The molecule has 0 aliphatic heterocycles. The molecule has 1 rings (SSSR count). The number of benzene rings is 1. The highest BCUT2D eigenvalue weighted by Gasteiger charge is 2.51. The fourth-order valence-electron chi connectivity index (χ4n) is 1.67. The maximum Gasteiger partial charge on any atom is 0.310 e. The Hall–Kier alpha value is -1.59. The third-order valence-corrected chi connectivity index (χ3v) is 2.98. The molecule has 0 N–H and O–H groups in total. The molecule has 21 heavy (non-hydrogen) atoms. The number of hydrogen-bond acceptors (Lipinski definition) is 2. The second kappa shape index (κ2) is 7.43. The Labute approximate surface area is 121 Å². The lowest BCUT2D eigenvalue weighted by Crippen LogP contribution is -2.37. The molecule has 0 amide bonds. The van der Waals surface area contributed by atoms with E-state index >= 15 is 0 Å². The van der Waals surface area contributed by atoms with Gasteiger partial charge in [-0.25, -0.2) is 8.78 Å². The predicted molar refractivity (Wildman–Crippen MR) is 70.5 cm³/mol. The Balaban J connectivity index is 2.19. The second-order valence-corrected chi connectivity index (χ2v) is 4.93. The van der Waals surface area contributed by atoms with E-state index in [0.717, 1.165) is 5.56 Å². The molecule has 0 aliphatic carbocycles. The van der Waals surface area contributed by atoms with E-state index < -0.39 is 24.2 Å². The van der Waals surface area contributed by atoms with Crippen LogP contribution < -0.4 is 0 Å². The zero-order valence-electron chi connectivity index (χ0n) is 11.8. The van der Waals surface area contributed by atoms with Crippen molar-refractivity contribution in [3.8, 4) is 0 Å². The molecule has 1 aromatic rings. The molecule has 0 aliphatic rings. The normalized spacial score (nSPS) is 12.2. The minimum Gasteiger partial charge on any atom is -0.465 e. The molecule has 6 heteroatoms. The van der Waals surface area contributed by atoms with Gasteiger partial charge in [-0.3, -0.25) is 4.79 Å². The van der Waals surface area contributed by atoms with Crippen molar-refractivity contribution >= 4 is 5.97 Å². The maximum atomic E-state index is 12.9. The van der Waals surface area contributed by atoms with Gasteiger partial charge in [0.1, 0.15) is 0 Å². The van der Waals surface area contributed by atoms with Gasteiger partial charge in [0.25, 0.3) is 0 Å². The first-order valence-electron chi connectivity index (χ1n) is 6.67. The van der Waals surface area contributed by atoms with Crippen LogP contribution in [0.5, 0.6) is 0 Å². The Kier molecular flexibility index (Phi) is 6.18. The lowest BCUT2D eigenvalue weighted by atomic mass is 10.1. The van der Waals surface area contributed by atoms with Crippen molar-refractivity contribution in [2.75, 3.05) is 6.61 Å². The molecular weight excluding hydrogens is 288 g/mol. The van der Waals surface area contributed by atoms with Crippen molar-refractivity contribution in [1.82, 2.24) is 0 Å². The minimum atomic E-state index is -4.03. The van der Waals surface area contributed by atoms with E-state index in [1.165, 1.54) is 0 Å². The molecule has 0 unspecified atom stereocenters. The monoisotopic (exact) mass is 306 g/mol. The smallest absolute Gasteiger partial charge is 0.310 e. The molecule has 1 aromatic carbocycles. The van der Waals surface area contributed by atoms with Crippen LogP contribution in [0.15, 0.2) is 30.3 Å². The molecule has 0 saturated carbocycles. The summed E-state index contributed by atoms with van der Waals surface area (Å²) in [6.45, 7) is 0.157. The Morgan fingerprint density at radius 3 is 2.29 bits per heavy atom. The average molecular weight is 306 g/mol. The molecule has 0 saturated heterocycles. The summed E-state index contributed by atoms with van der Waals surface area (Å²) in [7, 11) is 0. The van der Waals surface area contributed by atoms with Crippen LogP contribution in [0.4, 0.5) is 17.6 Å². The third-order valence-electron chi connectivity index (χ3n) is 2.98. The molecule has 0 radical (unpaired) electrons. The van der Waals surface area contributed by atoms with Crippen molar-refractivity contribution < 1.29 is 27.1 Å². The number of carbonyl (C=O) groups is 1. The number of ether oxygens (including phenoxy) is 1. The van der Waals surface area contributed by atoms with Crippen LogP contribution in [0.2, 0.25) is 0 Å². The SMILES string of the molecule is CC(F)(F)C(F)(F)CCCCOC(=O)Cc1ccccc1. The quantitative estimate of drug-likeness (QED) is 0.408. The zero-order valence-corrected chi connectivity index (χ0v) is 11.8. The Morgan fingerprint density at radius 1 is 1.10 bits per heavy atom. The minimum absolute atomic E-state index is 0.0446. The number of carbonyl (C=O) groups excluding carboxylic acids is 1. The molecule has 0 heterocycles. The number of unbranched alkanes of at least 4 members (excludes halogenated alkanes) is 1. The average Bonchev–Trinajstić information content (AvgIpc) is 2.38. The number of rotatable bonds is 8. The predicted octanol–water partition coefficient (Wildman–Crippen LogP) is 4.23. The van der Waals surface area contributed by atoms with Crippen molar-refractivity contribution in [1.29, 1.82) is 0 Å². The van der Waals surface area contributed by atoms with Gasteiger partial charge in [0.05, 0.1) is 13.0 Å². The summed E-state index contributed by atoms with van der Waals surface area (Å²) >= 11 is 0. The van der Waals surface area contributed by atoms with Gasteiger partial charge in [-0.2, -0.15) is 8.78 Å². The first-order valence-corrected chi connectivity index (χ1v) is 6.67. The number of halogens is 4. The van der Waals surface area contributed by atoms with E-state index in [1.807, 2.05) is 6.07 Å². The Bertz CT molecular complexity index is 441. The lowest BCUT2D eigenvalue weighted by molar-refractivity contribution is -0.201. The van der Waals surface area contributed by atoms with Crippen LogP contribution in [0.25, 0.3) is 0 Å². The van der Waals surface area contributed by atoms with E-state index in [1.54, 1.807) is 24.3 Å². The second-order valence-electron chi connectivity index (χ2n) is 4.93. The lowest BCUT2D eigenvalue weighted by Gasteiger charge is -2.22. The molecule has 0 bridgehead atoms. The molecule has 0 spiro atoms. The molecular formula is C15H18F4O2. The van der Waals surface area contributed by atoms with Crippen LogP contribution in [-0.4, -0.2) is 24.4 Å². The number of hydrogen-bond donors (Lipinski definition) is 0. The molecule has 0 aromatic heterocycles.